The lowest BCUT2D eigenvalue weighted by atomic mass is 10.2. The minimum absolute atomic E-state index is 0.180. The number of carbonyl (C=O) groups is 1. The monoisotopic (exact) mass is 477 g/mol. The Morgan fingerprint density at radius 1 is 1.11 bits per heavy atom. The fourth-order valence-electron chi connectivity index (χ4n) is 3.67. The Labute approximate surface area is 201 Å². The van der Waals surface area contributed by atoms with E-state index in [0.717, 1.165) is 0 Å². The molecule has 0 saturated heterocycles. The third-order valence-corrected chi connectivity index (χ3v) is 5.29. The van der Waals surface area contributed by atoms with E-state index in [9.17, 15) is 9.59 Å². The van der Waals surface area contributed by atoms with E-state index in [0.29, 0.717) is 65.2 Å². The molecule has 4 aromatic rings. The number of hydrogen-bond acceptors (Lipinski definition) is 7. The average molecular weight is 478 g/mol. The molecular formula is C25H27N5O5. The molecule has 0 fully saturated rings. The predicted molar refractivity (Wildman–Crippen MR) is 131 cm³/mol. The van der Waals surface area contributed by atoms with Crippen molar-refractivity contribution in [3.05, 3.63) is 69.8 Å². The summed E-state index contributed by atoms with van der Waals surface area (Å²) in [6.07, 6.45) is 2.08. The van der Waals surface area contributed by atoms with Crippen LogP contribution in [0.2, 0.25) is 0 Å². The number of benzene rings is 1. The third-order valence-electron chi connectivity index (χ3n) is 5.29. The zero-order valence-corrected chi connectivity index (χ0v) is 20.0. The lowest BCUT2D eigenvalue weighted by Gasteiger charge is -2.13. The van der Waals surface area contributed by atoms with E-state index in [2.05, 4.69) is 20.4 Å². The van der Waals surface area contributed by atoms with Gasteiger partial charge in [0.1, 0.15) is 11.5 Å². The van der Waals surface area contributed by atoms with Crippen LogP contribution in [-0.2, 0) is 6.42 Å². The molecule has 2 N–H and O–H groups in total. The number of nitrogens with one attached hydrogen (secondary N) is 2. The van der Waals surface area contributed by atoms with Crippen LogP contribution in [0.15, 0.2) is 51.9 Å². The molecule has 0 aliphatic rings. The van der Waals surface area contributed by atoms with Crippen molar-refractivity contribution < 1.29 is 18.7 Å². The molecule has 0 bridgehead atoms. The van der Waals surface area contributed by atoms with E-state index in [1.165, 1.54) is 10.9 Å². The molecule has 1 aromatic carbocycles. The Morgan fingerprint density at radius 2 is 1.89 bits per heavy atom. The van der Waals surface area contributed by atoms with Crippen LogP contribution < -0.4 is 20.3 Å². The summed E-state index contributed by atoms with van der Waals surface area (Å²) in [7, 11) is 0. The highest BCUT2D eigenvalue weighted by atomic mass is 16.5. The summed E-state index contributed by atoms with van der Waals surface area (Å²) in [4.78, 5) is 33.0. The molecule has 0 aliphatic heterocycles. The van der Waals surface area contributed by atoms with Gasteiger partial charge in [-0.1, -0.05) is 6.92 Å². The highest BCUT2D eigenvalue weighted by Crippen LogP contribution is 2.29. The highest BCUT2D eigenvalue weighted by Gasteiger charge is 2.19. The molecular weight excluding hydrogens is 450 g/mol. The number of rotatable bonds is 9. The van der Waals surface area contributed by atoms with Gasteiger partial charge in [-0.3, -0.25) is 14.6 Å². The summed E-state index contributed by atoms with van der Waals surface area (Å²) in [5, 5.41) is 7.38. The number of aromatic nitrogens is 4. The van der Waals surface area contributed by atoms with Crippen molar-refractivity contribution in [3.8, 4) is 28.9 Å². The van der Waals surface area contributed by atoms with Gasteiger partial charge in [0.25, 0.3) is 11.5 Å². The van der Waals surface area contributed by atoms with Crippen LogP contribution in [-0.4, -0.2) is 38.9 Å². The first-order valence-corrected chi connectivity index (χ1v) is 11.4. The van der Waals surface area contributed by atoms with Crippen LogP contribution in [0.3, 0.4) is 0 Å². The lowest BCUT2D eigenvalue weighted by Crippen LogP contribution is -2.22. The topological polar surface area (TPSA) is 124 Å². The SMILES string of the molecule is CCOc1ccc(C(=O)Nc2cc(-c3ccco3)nn2-c2nc(C)c(CC)c(=O)[nH]2)cc1OCC. The molecule has 10 nitrogen and oxygen atoms in total. The quantitative estimate of drug-likeness (QED) is 0.371. The van der Waals surface area contributed by atoms with E-state index in [1.54, 1.807) is 43.3 Å². The second kappa shape index (κ2) is 10.3. The number of amides is 1. The second-order valence-corrected chi connectivity index (χ2v) is 7.59. The molecule has 3 aromatic heterocycles. The molecule has 4 rings (SSSR count). The lowest BCUT2D eigenvalue weighted by molar-refractivity contribution is 0.102. The molecule has 0 radical (unpaired) electrons. The fraction of sp³-hybridized carbons (Fsp3) is 0.280. The number of aromatic amines is 1. The predicted octanol–water partition coefficient (Wildman–Crippen LogP) is 4.14. The number of nitrogens with zero attached hydrogens (tertiary/aromatic N) is 3. The molecule has 1 amide bonds. The van der Waals surface area contributed by atoms with Crippen molar-refractivity contribution in [2.75, 3.05) is 18.5 Å². The van der Waals surface area contributed by atoms with Crippen molar-refractivity contribution in [1.29, 1.82) is 0 Å². The Morgan fingerprint density at radius 3 is 2.54 bits per heavy atom. The molecule has 0 spiro atoms. The smallest absolute Gasteiger partial charge is 0.256 e. The van der Waals surface area contributed by atoms with Crippen LogP contribution in [0.25, 0.3) is 17.4 Å². The number of furan rings is 1. The molecule has 10 heteroatoms. The number of hydrogen-bond donors (Lipinski definition) is 2. The summed E-state index contributed by atoms with van der Waals surface area (Å²) in [5.74, 6) is 1.63. The Bertz CT molecular complexity index is 1390. The van der Waals surface area contributed by atoms with Gasteiger partial charge in [0.15, 0.2) is 17.3 Å². The van der Waals surface area contributed by atoms with Crippen LogP contribution in [0.4, 0.5) is 5.82 Å². The van der Waals surface area contributed by atoms with E-state index >= 15 is 0 Å². The van der Waals surface area contributed by atoms with E-state index in [4.69, 9.17) is 13.9 Å². The standard InChI is InChI=1S/C25H27N5O5/c1-5-17-15(4)26-25(28-24(17)32)30-22(14-18(29-30)19-9-8-12-35-19)27-23(31)16-10-11-20(33-6-2)21(13-16)34-7-3/h8-14H,5-7H2,1-4H3,(H,27,31)(H,26,28,32). The van der Waals surface area contributed by atoms with Gasteiger partial charge in [0.2, 0.25) is 5.95 Å². The Kier molecular flexibility index (Phi) is 7.00. The van der Waals surface area contributed by atoms with Gasteiger partial charge in [-0.15, -0.1) is 0 Å². The maximum Gasteiger partial charge on any atom is 0.256 e. The summed E-state index contributed by atoms with van der Waals surface area (Å²) >= 11 is 0. The highest BCUT2D eigenvalue weighted by molar-refractivity contribution is 6.04. The molecule has 0 aliphatic carbocycles. The summed E-state index contributed by atoms with van der Waals surface area (Å²) in [6, 6.07) is 10.1. The average Bonchev–Trinajstić information content (AvgIpc) is 3.50. The normalized spacial score (nSPS) is 10.9. The summed E-state index contributed by atoms with van der Waals surface area (Å²) in [6.45, 7) is 8.29. The summed E-state index contributed by atoms with van der Waals surface area (Å²) in [5.41, 5.74) is 1.76. The molecule has 0 saturated carbocycles. The zero-order chi connectivity index (χ0) is 24.9. The molecule has 182 valence electrons. The van der Waals surface area contributed by atoms with Gasteiger partial charge in [-0.25, -0.2) is 4.98 Å². The summed E-state index contributed by atoms with van der Waals surface area (Å²) < 4.78 is 18.1. The van der Waals surface area contributed by atoms with Gasteiger partial charge in [0.05, 0.1) is 19.5 Å². The van der Waals surface area contributed by atoms with Gasteiger partial charge in [-0.2, -0.15) is 9.78 Å². The first kappa shape index (κ1) is 23.8. The first-order chi connectivity index (χ1) is 16.9. The van der Waals surface area contributed by atoms with Gasteiger partial charge in [0, 0.05) is 22.9 Å². The maximum absolute atomic E-state index is 13.2. The van der Waals surface area contributed by atoms with E-state index in [1.807, 2.05) is 20.8 Å². The molecule has 0 unspecified atom stereocenters. The fourth-order valence-corrected chi connectivity index (χ4v) is 3.67. The van der Waals surface area contributed by atoms with Crippen molar-refractivity contribution in [1.82, 2.24) is 19.7 Å². The zero-order valence-electron chi connectivity index (χ0n) is 20.0. The van der Waals surface area contributed by atoms with E-state index < -0.39 is 5.91 Å². The number of carbonyl (C=O) groups excluding carboxylic acids is 1. The Hall–Kier alpha value is -4.34. The molecule has 0 atom stereocenters. The number of anilines is 1. The van der Waals surface area contributed by atoms with Crippen LogP contribution >= 0.6 is 0 Å². The van der Waals surface area contributed by atoms with Crippen LogP contribution in [0, 0.1) is 6.92 Å². The largest absolute Gasteiger partial charge is 0.490 e. The van der Waals surface area contributed by atoms with Gasteiger partial charge < -0.3 is 19.2 Å². The van der Waals surface area contributed by atoms with Crippen molar-refractivity contribution in [2.24, 2.45) is 0 Å². The number of H-pyrrole nitrogens is 1. The second-order valence-electron chi connectivity index (χ2n) is 7.59. The minimum atomic E-state index is -0.398. The van der Waals surface area contributed by atoms with Crippen LogP contribution in [0.1, 0.15) is 42.4 Å². The number of aryl methyl sites for hydroxylation is 1. The Balaban J connectivity index is 1.74. The van der Waals surface area contributed by atoms with Crippen molar-refractivity contribution in [2.45, 2.75) is 34.1 Å². The van der Waals surface area contributed by atoms with Gasteiger partial charge >= 0.3 is 0 Å². The molecule has 3 heterocycles. The minimum Gasteiger partial charge on any atom is -0.490 e. The molecule has 35 heavy (non-hydrogen) atoms. The van der Waals surface area contributed by atoms with Crippen molar-refractivity contribution in [3.63, 3.8) is 0 Å². The number of ether oxygens (including phenoxy) is 2. The first-order valence-electron chi connectivity index (χ1n) is 11.4. The van der Waals surface area contributed by atoms with E-state index in [-0.39, 0.29) is 11.5 Å². The van der Waals surface area contributed by atoms with Crippen molar-refractivity contribution >= 4 is 11.7 Å². The van der Waals surface area contributed by atoms with Gasteiger partial charge in [-0.05, 0) is 57.5 Å². The maximum atomic E-state index is 13.2. The third kappa shape index (κ3) is 4.96. The van der Waals surface area contributed by atoms with Crippen LogP contribution in [0.5, 0.6) is 11.5 Å².